The first kappa shape index (κ1) is 48.0. The summed E-state index contributed by atoms with van der Waals surface area (Å²) in [5.74, 6) is -6.90. The number of benzene rings is 4. The summed E-state index contributed by atoms with van der Waals surface area (Å²) in [6.45, 7) is 0. The Hall–Kier alpha value is -2.04. The van der Waals surface area contributed by atoms with Crippen LogP contribution in [0.15, 0.2) is 48.5 Å². The fraction of sp³-hybridized carbons (Fsp3) is 0.222. The van der Waals surface area contributed by atoms with Crippen molar-refractivity contribution in [3.8, 4) is 23.0 Å². The molecule has 0 unspecified atom stereocenters. The van der Waals surface area contributed by atoms with Gasteiger partial charge in [0.25, 0.3) is 0 Å². The molecule has 12 nitrogen and oxygen atoms in total. The molecule has 0 atom stereocenters. The number of hydrogen-bond acceptors (Lipinski definition) is 12. The molecule has 248 valence electrons. The van der Waals surface area contributed by atoms with Crippen molar-refractivity contribution in [3.63, 3.8) is 0 Å². The van der Waals surface area contributed by atoms with E-state index in [2.05, 4.69) is 0 Å². The number of carbonyl (C=O) groups is 4. The summed E-state index contributed by atoms with van der Waals surface area (Å²) in [6, 6.07) is 11.1. The molecule has 0 saturated heterocycles. The van der Waals surface area contributed by atoms with Crippen LogP contribution in [0.25, 0.3) is 0 Å². The minimum atomic E-state index is -1.42. The van der Waals surface area contributed by atoms with E-state index in [9.17, 15) is 60.0 Å². The summed E-state index contributed by atoms with van der Waals surface area (Å²) in [6.07, 6.45) is -3.07. The molecule has 0 aliphatic heterocycles. The number of carboxylic acids is 4. The Kier molecular flexibility index (Phi) is 19.0. The Morgan fingerprint density at radius 1 is 0.365 bits per heavy atom. The zero-order valence-electron chi connectivity index (χ0n) is 29.3. The van der Waals surface area contributed by atoms with Crippen LogP contribution in [-0.2, 0) is 70.5 Å². The summed E-state index contributed by atoms with van der Waals surface area (Å²) >= 11 is 0. The Balaban J connectivity index is 0.00000338. The van der Waals surface area contributed by atoms with Gasteiger partial charge in [0.05, 0.1) is 0 Å². The Morgan fingerprint density at radius 2 is 0.500 bits per heavy atom. The first-order valence-corrected chi connectivity index (χ1v) is 14.8. The van der Waals surface area contributed by atoms with Gasteiger partial charge in [0.15, 0.2) is 0 Å². The van der Waals surface area contributed by atoms with Crippen molar-refractivity contribution in [2.45, 2.75) is 51.4 Å². The summed E-state index contributed by atoms with van der Waals surface area (Å²) in [7, 11) is 0. The molecule has 0 saturated carbocycles. The van der Waals surface area contributed by atoms with E-state index in [0.29, 0.717) is 0 Å². The maximum atomic E-state index is 11.6. The van der Waals surface area contributed by atoms with Crippen molar-refractivity contribution in [1.82, 2.24) is 0 Å². The molecule has 4 N–H and O–H groups in total. The first-order valence-electron chi connectivity index (χ1n) is 14.8. The van der Waals surface area contributed by atoms with Gasteiger partial charge in [-0.3, -0.25) is 0 Å². The van der Waals surface area contributed by atoms with Gasteiger partial charge in [-0.15, -0.1) is 0 Å². The molecule has 0 fully saturated rings. The van der Waals surface area contributed by atoms with Gasteiger partial charge in [-0.2, -0.15) is 0 Å². The fourth-order valence-electron chi connectivity index (χ4n) is 6.30. The summed E-state index contributed by atoms with van der Waals surface area (Å²) in [5, 5.41) is 91.9. The van der Waals surface area contributed by atoms with Crippen LogP contribution in [-0.4, -0.2) is 44.3 Å². The molecule has 0 spiro atoms. The van der Waals surface area contributed by atoms with Gasteiger partial charge in [0.2, 0.25) is 0 Å². The topological polar surface area (TPSA) is 241 Å². The quantitative estimate of drug-likeness (QED) is 0.108. The molecule has 0 aromatic heterocycles. The monoisotopic (exact) mass is 744 g/mol. The van der Waals surface area contributed by atoms with Crippen LogP contribution >= 0.6 is 0 Å². The van der Waals surface area contributed by atoms with Crippen molar-refractivity contribution in [1.29, 1.82) is 0 Å². The zero-order valence-corrected chi connectivity index (χ0v) is 37.3. The van der Waals surface area contributed by atoms with E-state index < -0.39 is 49.6 Å². The molecule has 8 bridgehead atoms. The van der Waals surface area contributed by atoms with Crippen LogP contribution in [0.1, 0.15) is 66.8 Å². The van der Waals surface area contributed by atoms with Gasteiger partial charge in [-0.25, -0.2) is 0 Å². The molecule has 1 aliphatic rings. The van der Waals surface area contributed by atoms with E-state index >= 15 is 0 Å². The number of phenols is 4. The van der Waals surface area contributed by atoms with Crippen LogP contribution in [0, 0.1) is 0 Å². The summed E-state index contributed by atoms with van der Waals surface area (Å²) < 4.78 is 0. The van der Waals surface area contributed by atoms with Crippen LogP contribution in [0.5, 0.6) is 23.0 Å². The Labute approximate surface area is 387 Å². The van der Waals surface area contributed by atoms with Gasteiger partial charge in [-0.1, -0.05) is 48.5 Å². The number of aromatic hydroxyl groups is 4. The molecule has 5 rings (SSSR count). The molecule has 0 amide bonds. The van der Waals surface area contributed by atoms with Gasteiger partial charge in [0, 0.05) is 75.2 Å². The molecule has 0 heterocycles. The normalized spacial score (nSPS) is 11.4. The predicted octanol–water partition coefficient (Wildman–Crippen LogP) is -13.6. The number of carboxylic acid groups (broad SMARTS) is 4. The van der Waals surface area contributed by atoms with Crippen molar-refractivity contribution in [2.75, 3.05) is 0 Å². The number of rotatable bonds is 8. The van der Waals surface area contributed by atoms with E-state index in [1.165, 1.54) is 48.5 Å². The fourth-order valence-corrected chi connectivity index (χ4v) is 6.30. The molecule has 1 aliphatic carbocycles. The smallest absolute Gasteiger partial charge is 0.550 e. The molecular weight excluding hydrogens is 716 g/mol. The van der Waals surface area contributed by atoms with E-state index in [0.717, 1.165) is 0 Å². The van der Waals surface area contributed by atoms with Gasteiger partial charge in [0.1, 0.15) is 23.0 Å². The van der Waals surface area contributed by atoms with Crippen molar-refractivity contribution in [3.05, 3.63) is 115 Å². The zero-order chi connectivity index (χ0) is 34.9. The number of carbonyl (C=O) groups excluding carboxylic acids is 4. The summed E-state index contributed by atoms with van der Waals surface area (Å²) in [4.78, 5) is 46.2. The van der Waals surface area contributed by atoms with Gasteiger partial charge in [-0.05, 0) is 66.8 Å². The van der Waals surface area contributed by atoms with Crippen LogP contribution < -0.4 is 139 Å². The van der Waals surface area contributed by atoms with E-state index in [1.807, 2.05) is 0 Å². The molecule has 16 heteroatoms. The average molecular weight is 745 g/mol. The first-order chi connectivity index (χ1) is 22.7. The van der Waals surface area contributed by atoms with E-state index in [4.69, 9.17) is 0 Å². The number of fused-ring (bicyclic) bond motifs is 8. The Morgan fingerprint density at radius 3 is 0.615 bits per heavy atom. The van der Waals surface area contributed by atoms with E-state index in [-0.39, 0.29) is 234 Å². The minimum Gasteiger partial charge on any atom is -0.550 e. The van der Waals surface area contributed by atoms with E-state index in [1.54, 1.807) is 0 Å². The number of hydrogen-bond donors (Lipinski definition) is 4. The maximum absolute atomic E-state index is 11.6. The molecule has 4 aromatic carbocycles. The third-order valence-electron chi connectivity index (χ3n) is 8.23. The number of aliphatic carboxylic acids is 4. The minimum absolute atomic E-state index is 0. The van der Waals surface area contributed by atoms with Gasteiger partial charge < -0.3 is 60.0 Å². The molecular formula is C36H28Na4O12. The van der Waals surface area contributed by atoms with Crippen molar-refractivity contribution < 1.29 is 178 Å². The largest absolute Gasteiger partial charge is 1.00 e. The standard InChI is InChI=1S/C36H32O12.4Na/c37-29(38)9-17-1-21-13-23-3-18(10-30(39)40)4-25(34(23)46)15-26-7-20(12-32(43)44)8-28(36(26)48)16-27-6-19(11-31(41)42)5-24(35(27)47)14-22(2-17)33(21)45;;;;/h1-8,45-48H,9-16H2,(H,37,38)(H,39,40)(H,41,42)(H,43,44);;;;/q;4*+1/p-4. The van der Waals surface area contributed by atoms with Crippen LogP contribution in [0.4, 0.5) is 0 Å². The third kappa shape index (κ3) is 12.0. The average Bonchev–Trinajstić information content (AvgIpc) is 2.96. The SMILES string of the molecule is O=C([O-])Cc1cc2c(O)c(c1)Cc1cc(CC(=O)[O-])cc(c1O)Cc1cc(CC(=O)[O-])cc(c1O)Cc1cc(CC(=O)[O-])cc(c1O)C2.[Na+].[Na+].[Na+].[Na+]. The number of phenolic OH excluding ortho intramolecular Hbond substituents is 4. The second-order valence-corrected chi connectivity index (χ2v) is 12.0. The summed E-state index contributed by atoms with van der Waals surface area (Å²) in [5.41, 5.74) is 2.05. The molecule has 0 radical (unpaired) electrons. The predicted molar refractivity (Wildman–Crippen MR) is 158 cm³/mol. The third-order valence-corrected chi connectivity index (χ3v) is 8.23. The van der Waals surface area contributed by atoms with Crippen molar-refractivity contribution in [2.24, 2.45) is 0 Å². The second-order valence-electron chi connectivity index (χ2n) is 12.0. The van der Waals surface area contributed by atoms with Gasteiger partial charge >= 0.3 is 118 Å². The van der Waals surface area contributed by atoms with Crippen LogP contribution in [0.3, 0.4) is 0 Å². The Bertz CT molecular complexity index is 1630. The maximum Gasteiger partial charge on any atom is 1.00 e. The van der Waals surface area contributed by atoms with Crippen LogP contribution in [0.2, 0.25) is 0 Å². The second kappa shape index (κ2) is 20.6. The van der Waals surface area contributed by atoms with Crippen molar-refractivity contribution >= 4 is 23.9 Å². The molecule has 52 heavy (non-hydrogen) atoms. The molecule has 4 aromatic rings.